The normalized spacial score (nSPS) is 12.8. The Morgan fingerprint density at radius 3 is 2.77 bits per heavy atom. The molecule has 0 N–H and O–H groups in total. The van der Waals surface area contributed by atoms with Gasteiger partial charge in [-0.2, -0.15) is 9.78 Å². The fraction of sp³-hybridized carbons (Fsp3) is 0.316. The first-order valence-electron chi connectivity index (χ1n) is 8.44. The van der Waals surface area contributed by atoms with Gasteiger partial charge in [-0.3, -0.25) is 4.79 Å². The highest BCUT2D eigenvalue weighted by atomic mass is 79.9. The number of nitrogens with zero attached hydrogens (tertiary/aromatic N) is 4. The third kappa shape index (κ3) is 3.58. The molecule has 2 heterocycles. The van der Waals surface area contributed by atoms with Crippen LogP contribution in [0.3, 0.4) is 0 Å². The fourth-order valence-electron chi connectivity index (χ4n) is 2.55. The third-order valence-corrected chi connectivity index (χ3v) is 4.73. The maximum absolute atomic E-state index is 13.0. The highest BCUT2D eigenvalue weighted by Gasteiger charge is 2.15. The van der Waals surface area contributed by atoms with Crippen LogP contribution in [-0.2, 0) is 0 Å². The number of rotatable bonds is 5. The summed E-state index contributed by atoms with van der Waals surface area (Å²) in [5.41, 5.74) is 0.482. The molecule has 0 radical (unpaired) electrons. The maximum Gasteiger partial charge on any atom is 0.282 e. The van der Waals surface area contributed by atoms with Crippen molar-refractivity contribution in [3.63, 3.8) is 0 Å². The molecule has 26 heavy (non-hydrogen) atoms. The summed E-state index contributed by atoms with van der Waals surface area (Å²) in [6, 6.07) is 9.17. The molecule has 3 rings (SSSR count). The van der Waals surface area contributed by atoms with Crippen LogP contribution >= 0.6 is 15.9 Å². The number of hydrogen-bond donors (Lipinski definition) is 0. The Kier molecular flexibility index (Phi) is 5.27. The van der Waals surface area contributed by atoms with E-state index in [-0.39, 0.29) is 11.5 Å². The van der Waals surface area contributed by atoms with Gasteiger partial charge < -0.3 is 9.32 Å². The highest BCUT2D eigenvalue weighted by molar-refractivity contribution is 9.10. The van der Waals surface area contributed by atoms with E-state index in [1.807, 2.05) is 50.2 Å². The lowest BCUT2D eigenvalue weighted by Crippen LogP contribution is -2.23. The van der Waals surface area contributed by atoms with Crippen LogP contribution in [0.1, 0.15) is 37.8 Å². The summed E-state index contributed by atoms with van der Waals surface area (Å²) in [6.07, 6.45) is 2.40. The third-order valence-electron chi connectivity index (χ3n) is 4.24. The van der Waals surface area contributed by atoms with Crippen LogP contribution < -0.4 is 10.5 Å². The number of anilines is 1. The van der Waals surface area contributed by atoms with Crippen LogP contribution in [0.5, 0.6) is 0 Å². The van der Waals surface area contributed by atoms with Gasteiger partial charge in [0.1, 0.15) is 11.6 Å². The summed E-state index contributed by atoms with van der Waals surface area (Å²) in [7, 11) is 3.80. The summed E-state index contributed by atoms with van der Waals surface area (Å²) in [5.74, 6) is 2.04. The van der Waals surface area contributed by atoms with E-state index in [1.54, 1.807) is 12.3 Å². The molecule has 2 aromatic heterocycles. The lowest BCUT2D eigenvalue weighted by atomic mass is 10.1. The van der Waals surface area contributed by atoms with Gasteiger partial charge in [0, 0.05) is 30.6 Å². The number of aromatic nitrogens is 2. The quantitative estimate of drug-likeness (QED) is 0.584. The van der Waals surface area contributed by atoms with Gasteiger partial charge >= 0.3 is 0 Å². The molecule has 0 amide bonds. The molecule has 1 aromatic carbocycles. The number of benzene rings is 1. The van der Waals surface area contributed by atoms with Gasteiger partial charge in [-0.1, -0.05) is 29.8 Å². The first-order valence-corrected chi connectivity index (χ1v) is 9.23. The Labute approximate surface area is 160 Å². The van der Waals surface area contributed by atoms with E-state index in [0.717, 1.165) is 16.8 Å². The van der Waals surface area contributed by atoms with Gasteiger partial charge in [0.2, 0.25) is 0 Å². The Morgan fingerprint density at radius 1 is 1.35 bits per heavy atom. The smallest absolute Gasteiger partial charge is 0.282 e. The molecule has 0 saturated carbocycles. The predicted octanol–water partition coefficient (Wildman–Crippen LogP) is 4.21. The minimum atomic E-state index is -0.192. The minimum Gasteiger partial charge on any atom is -0.440 e. The van der Waals surface area contributed by atoms with Gasteiger partial charge in [-0.05, 0) is 30.7 Å². The van der Waals surface area contributed by atoms with Crippen LogP contribution in [0.25, 0.3) is 10.9 Å². The van der Waals surface area contributed by atoms with Crippen molar-refractivity contribution in [2.75, 3.05) is 19.0 Å². The molecule has 0 aliphatic rings. The summed E-state index contributed by atoms with van der Waals surface area (Å²) in [6.45, 7) is 4.10. The summed E-state index contributed by atoms with van der Waals surface area (Å²) < 4.78 is 7.88. The van der Waals surface area contributed by atoms with E-state index in [4.69, 9.17) is 4.42 Å². The van der Waals surface area contributed by atoms with Gasteiger partial charge in [0.15, 0.2) is 5.88 Å². The van der Waals surface area contributed by atoms with Crippen LogP contribution in [0, 0.1) is 0 Å². The molecule has 0 saturated heterocycles. The molecule has 6 nitrogen and oxygen atoms in total. The van der Waals surface area contributed by atoms with Crippen molar-refractivity contribution in [3.05, 3.63) is 56.7 Å². The first kappa shape index (κ1) is 18.4. The molecular formula is C19H21BrN4O2. The molecule has 0 bridgehead atoms. The fourth-order valence-corrected chi connectivity index (χ4v) is 2.91. The lowest BCUT2D eigenvalue weighted by molar-refractivity contribution is 0.556. The van der Waals surface area contributed by atoms with Crippen molar-refractivity contribution in [2.24, 2.45) is 5.10 Å². The molecule has 1 atom stereocenters. The molecule has 0 spiro atoms. The van der Waals surface area contributed by atoms with Crippen molar-refractivity contribution in [2.45, 2.75) is 26.2 Å². The van der Waals surface area contributed by atoms with Gasteiger partial charge in [0.25, 0.3) is 5.56 Å². The van der Waals surface area contributed by atoms with E-state index in [2.05, 4.69) is 32.9 Å². The van der Waals surface area contributed by atoms with Crippen molar-refractivity contribution < 1.29 is 4.42 Å². The number of halogens is 1. The Bertz CT molecular complexity index is 1020. The standard InChI is InChI=1S/C19H21BrN4O2/c1-5-12(2)18-22-16-8-6-13(20)10-15(16)19(25)24(18)21-11-14-7-9-17(26-14)23(3)4/h6-12H,5H2,1-4H3/t12-/m0/s1. The van der Waals surface area contributed by atoms with Crippen LogP contribution in [0.2, 0.25) is 0 Å². The average Bonchev–Trinajstić information content (AvgIpc) is 3.10. The van der Waals surface area contributed by atoms with E-state index >= 15 is 0 Å². The zero-order valence-electron chi connectivity index (χ0n) is 15.2. The van der Waals surface area contributed by atoms with Crippen molar-refractivity contribution >= 4 is 38.9 Å². The second-order valence-corrected chi connectivity index (χ2v) is 7.29. The molecule has 0 fully saturated rings. The summed E-state index contributed by atoms with van der Waals surface area (Å²) >= 11 is 3.41. The number of fused-ring (bicyclic) bond motifs is 1. The van der Waals surface area contributed by atoms with E-state index in [9.17, 15) is 4.79 Å². The molecule has 0 unspecified atom stereocenters. The number of hydrogen-bond acceptors (Lipinski definition) is 5. The topological polar surface area (TPSA) is 63.6 Å². The lowest BCUT2D eigenvalue weighted by Gasteiger charge is -2.13. The summed E-state index contributed by atoms with van der Waals surface area (Å²) in [5, 5.41) is 4.91. The maximum atomic E-state index is 13.0. The Hall–Kier alpha value is -2.41. The average molecular weight is 417 g/mol. The molecule has 7 heteroatoms. The van der Waals surface area contributed by atoms with Gasteiger partial charge in [-0.15, -0.1) is 0 Å². The molecule has 0 aliphatic heterocycles. The monoisotopic (exact) mass is 416 g/mol. The van der Waals surface area contributed by atoms with Crippen molar-refractivity contribution in [1.29, 1.82) is 0 Å². The molecular weight excluding hydrogens is 396 g/mol. The van der Waals surface area contributed by atoms with Gasteiger partial charge in [0.05, 0.1) is 17.1 Å². The van der Waals surface area contributed by atoms with Crippen molar-refractivity contribution in [3.8, 4) is 0 Å². The Balaban J connectivity index is 2.13. The molecule has 0 aliphatic carbocycles. The largest absolute Gasteiger partial charge is 0.440 e. The van der Waals surface area contributed by atoms with Crippen LogP contribution in [0.15, 0.2) is 49.1 Å². The second-order valence-electron chi connectivity index (χ2n) is 6.37. The van der Waals surface area contributed by atoms with Crippen LogP contribution in [0.4, 0.5) is 5.88 Å². The zero-order valence-corrected chi connectivity index (χ0v) is 16.8. The predicted molar refractivity (Wildman–Crippen MR) is 108 cm³/mol. The van der Waals surface area contributed by atoms with Gasteiger partial charge in [-0.25, -0.2) is 4.98 Å². The first-order chi connectivity index (χ1) is 12.4. The van der Waals surface area contributed by atoms with E-state index < -0.39 is 0 Å². The minimum absolute atomic E-state index is 0.0989. The highest BCUT2D eigenvalue weighted by Crippen LogP contribution is 2.21. The zero-order chi connectivity index (χ0) is 18.8. The van der Waals surface area contributed by atoms with E-state index in [0.29, 0.717) is 22.5 Å². The number of furan rings is 1. The van der Waals surface area contributed by atoms with Crippen molar-refractivity contribution in [1.82, 2.24) is 9.66 Å². The van der Waals surface area contributed by atoms with Crippen LogP contribution in [-0.4, -0.2) is 30.0 Å². The SMILES string of the molecule is CC[C@H](C)c1nc2ccc(Br)cc2c(=O)n1N=Cc1ccc(N(C)C)o1. The Morgan fingerprint density at radius 2 is 2.12 bits per heavy atom. The second kappa shape index (κ2) is 7.45. The molecule has 136 valence electrons. The van der Waals surface area contributed by atoms with E-state index in [1.165, 1.54) is 4.68 Å². The molecule has 3 aromatic rings. The summed E-state index contributed by atoms with van der Waals surface area (Å²) in [4.78, 5) is 19.6.